The Labute approximate surface area is 200 Å². The normalized spacial score (nSPS) is 15.1. The van der Waals surface area contributed by atoms with Gasteiger partial charge in [-0.15, -0.1) is 0 Å². The number of hydrogen-bond acceptors (Lipinski definition) is 6. The Morgan fingerprint density at radius 3 is 2.32 bits per heavy atom. The van der Waals surface area contributed by atoms with Gasteiger partial charge in [0.05, 0.1) is 13.7 Å². The number of likely N-dealkylation sites (tertiary alicyclic amines) is 1. The number of para-hydroxylation sites is 1. The van der Waals surface area contributed by atoms with Crippen LogP contribution in [0.15, 0.2) is 53.4 Å². The minimum Gasteiger partial charge on any atom is -0.495 e. The van der Waals surface area contributed by atoms with Crippen LogP contribution in [0.25, 0.3) is 0 Å². The van der Waals surface area contributed by atoms with Crippen molar-refractivity contribution >= 4 is 33.3 Å². The summed E-state index contributed by atoms with van der Waals surface area (Å²) in [6.45, 7) is 1.49. The standard InChI is InChI=1S/C23H31N5O5S/c1-27(2)34(31,32)21-15-19(9-10-20(21)33-3)24-22(29)16-28-13-11-18(12-14-28)26-23(30)25-17-7-5-4-6-8-17/h4-10,15,18H,11-14,16H2,1-3H3,(H,24,29)(H2,25,26,30). The van der Waals surface area contributed by atoms with Crippen molar-refractivity contribution < 1.29 is 22.7 Å². The lowest BCUT2D eigenvalue weighted by Gasteiger charge is -2.31. The average Bonchev–Trinajstić information content (AvgIpc) is 2.80. The molecule has 0 aliphatic carbocycles. The predicted octanol–water partition coefficient (Wildman–Crippen LogP) is 2.17. The summed E-state index contributed by atoms with van der Waals surface area (Å²) < 4.78 is 31.4. The zero-order chi connectivity index (χ0) is 24.7. The first-order chi connectivity index (χ1) is 16.2. The molecule has 1 heterocycles. The van der Waals surface area contributed by atoms with E-state index in [0.717, 1.165) is 22.8 Å². The number of carbonyl (C=O) groups is 2. The molecule has 1 aliphatic heterocycles. The number of methoxy groups -OCH3 is 1. The fraction of sp³-hybridized carbons (Fsp3) is 0.391. The molecule has 1 aliphatic rings. The molecule has 184 valence electrons. The van der Waals surface area contributed by atoms with Gasteiger partial charge in [-0.1, -0.05) is 18.2 Å². The van der Waals surface area contributed by atoms with Crippen LogP contribution in [0, 0.1) is 0 Å². The number of nitrogens with zero attached hydrogens (tertiary/aromatic N) is 2. The molecule has 2 aromatic carbocycles. The topological polar surface area (TPSA) is 120 Å². The molecular formula is C23H31N5O5S. The van der Waals surface area contributed by atoms with Crippen LogP contribution in [0.2, 0.25) is 0 Å². The minimum atomic E-state index is -3.73. The van der Waals surface area contributed by atoms with E-state index >= 15 is 0 Å². The molecule has 11 heteroatoms. The Balaban J connectivity index is 1.49. The number of sulfonamides is 1. The van der Waals surface area contributed by atoms with Gasteiger partial charge >= 0.3 is 6.03 Å². The highest BCUT2D eigenvalue weighted by Gasteiger charge is 2.24. The SMILES string of the molecule is COc1ccc(NC(=O)CN2CCC(NC(=O)Nc3ccccc3)CC2)cc1S(=O)(=O)N(C)C. The second-order valence-corrected chi connectivity index (χ2v) is 10.3. The zero-order valence-corrected chi connectivity index (χ0v) is 20.4. The van der Waals surface area contributed by atoms with Crippen molar-refractivity contribution in [3.8, 4) is 5.75 Å². The molecule has 2 aromatic rings. The number of rotatable bonds is 8. The summed E-state index contributed by atoms with van der Waals surface area (Å²) in [5, 5.41) is 8.54. The number of amides is 3. The van der Waals surface area contributed by atoms with Crippen LogP contribution in [0.1, 0.15) is 12.8 Å². The fourth-order valence-corrected chi connectivity index (χ4v) is 4.74. The first kappa shape index (κ1) is 25.5. The lowest BCUT2D eigenvalue weighted by atomic mass is 10.1. The molecule has 0 spiro atoms. The van der Waals surface area contributed by atoms with Gasteiger partial charge in [-0.2, -0.15) is 0 Å². The highest BCUT2D eigenvalue weighted by molar-refractivity contribution is 7.89. The van der Waals surface area contributed by atoms with Gasteiger partial charge in [0.15, 0.2) is 0 Å². The second-order valence-electron chi connectivity index (χ2n) is 8.22. The van der Waals surface area contributed by atoms with Crippen molar-refractivity contribution in [1.29, 1.82) is 0 Å². The van der Waals surface area contributed by atoms with E-state index < -0.39 is 10.0 Å². The summed E-state index contributed by atoms with van der Waals surface area (Å²) >= 11 is 0. The van der Waals surface area contributed by atoms with Gasteiger partial charge in [0.1, 0.15) is 10.6 Å². The molecule has 0 unspecified atom stereocenters. The summed E-state index contributed by atoms with van der Waals surface area (Å²) in [5.41, 5.74) is 1.11. The van der Waals surface area contributed by atoms with E-state index in [4.69, 9.17) is 4.74 Å². The molecule has 34 heavy (non-hydrogen) atoms. The molecule has 1 fully saturated rings. The Bertz CT molecular complexity index is 1100. The summed E-state index contributed by atoms with van der Waals surface area (Å²) in [6, 6.07) is 13.5. The number of ether oxygens (including phenoxy) is 1. The maximum Gasteiger partial charge on any atom is 0.319 e. The maximum absolute atomic E-state index is 12.6. The third-order valence-corrected chi connectivity index (χ3v) is 7.36. The number of carbonyl (C=O) groups excluding carboxylic acids is 2. The molecule has 3 amide bonds. The summed E-state index contributed by atoms with van der Waals surface area (Å²) in [6.07, 6.45) is 1.45. The van der Waals surface area contributed by atoms with E-state index in [9.17, 15) is 18.0 Å². The molecule has 0 atom stereocenters. The van der Waals surface area contributed by atoms with E-state index in [0.29, 0.717) is 18.8 Å². The second kappa shape index (κ2) is 11.3. The van der Waals surface area contributed by atoms with Crippen molar-refractivity contribution in [1.82, 2.24) is 14.5 Å². The van der Waals surface area contributed by atoms with E-state index in [1.54, 1.807) is 6.07 Å². The minimum absolute atomic E-state index is 0.0153. The van der Waals surface area contributed by atoms with Gasteiger partial charge in [0.25, 0.3) is 0 Å². The van der Waals surface area contributed by atoms with E-state index in [-0.39, 0.29) is 35.2 Å². The van der Waals surface area contributed by atoms with Crippen LogP contribution < -0.4 is 20.7 Å². The monoisotopic (exact) mass is 489 g/mol. The van der Waals surface area contributed by atoms with Crippen molar-refractivity contribution in [2.45, 2.75) is 23.8 Å². The van der Waals surface area contributed by atoms with E-state index in [1.165, 1.54) is 33.3 Å². The first-order valence-corrected chi connectivity index (χ1v) is 12.4. The predicted molar refractivity (Wildman–Crippen MR) is 131 cm³/mol. The van der Waals surface area contributed by atoms with Crippen molar-refractivity contribution in [2.75, 3.05) is 51.5 Å². The van der Waals surface area contributed by atoms with Gasteiger partial charge in [0, 0.05) is 44.6 Å². The Morgan fingerprint density at radius 1 is 1.03 bits per heavy atom. The van der Waals surface area contributed by atoms with Gasteiger partial charge in [-0.3, -0.25) is 9.69 Å². The lowest BCUT2D eigenvalue weighted by Crippen LogP contribution is -2.47. The molecular weight excluding hydrogens is 458 g/mol. The quantitative estimate of drug-likeness (QED) is 0.523. The number of nitrogens with one attached hydrogen (secondary N) is 3. The molecule has 0 aromatic heterocycles. The first-order valence-electron chi connectivity index (χ1n) is 10.9. The van der Waals surface area contributed by atoms with Crippen molar-refractivity contribution in [3.05, 3.63) is 48.5 Å². The molecule has 1 saturated heterocycles. The highest BCUT2D eigenvalue weighted by Crippen LogP contribution is 2.28. The Morgan fingerprint density at radius 2 is 1.71 bits per heavy atom. The molecule has 3 rings (SSSR count). The van der Waals surface area contributed by atoms with E-state index in [1.807, 2.05) is 35.2 Å². The van der Waals surface area contributed by atoms with Crippen molar-refractivity contribution in [3.63, 3.8) is 0 Å². The summed E-state index contributed by atoms with van der Waals surface area (Å²) in [5.74, 6) is -0.0378. The number of hydrogen-bond donors (Lipinski definition) is 3. The van der Waals surface area contributed by atoms with Crippen LogP contribution in [0.4, 0.5) is 16.2 Å². The summed E-state index contributed by atoms with van der Waals surface area (Å²) in [4.78, 5) is 26.7. The summed E-state index contributed by atoms with van der Waals surface area (Å²) in [7, 11) is 0.529. The smallest absolute Gasteiger partial charge is 0.319 e. The van der Waals surface area contributed by atoms with Gasteiger partial charge in [-0.05, 0) is 43.2 Å². The zero-order valence-electron chi connectivity index (χ0n) is 19.6. The third kappa shape index (κ3) is 6.69. The Kier molecular flexibility index (Phi) is 8.48. The van der Waals surface area contributed by atoms with Crippen LogP contribution >= 0.6 is 0 Å². The molecule has 3 N–H and O–H groups in total. The van der Waals surface area contributed by atoms with Gasteiger partial charge in [0.2, 0.25) is 15.9 Å². The van der Waals surface area contributed by atoms with Crippen LogP contribution in [-0.4, -0.2) is 76.4 Å². The largest absolute Gasteiger partial charge is 0.495 e. The molecule has 0 radical (unpaired) electrons. The van der Waals surface area contributed by atoms with Crippen LogP contribution in [-0.2, 0) is 14.8 Å². The fourth-order valence-electron chi connectivity index (χ4n) is 3.67. The highest BCUT2D eigenvalue weighted by atomic mass is 32.2. The average molecular weight is 490 g/mol. The Hall–Kier alpha value is -3.15. The molecule has 10 nitrogen and oxygen atoms in total. The molecule has 0 bridgehead atoms. The van der Waals surface area contributed by atoms with Crippen LogP contribution in [0.5, 0.6) is 5.75 Å². The van der Waals surface area contributed by atoms with Gasteiger partial charge in [-0.25, -0.2) is 17.5 Å². The number of urea groups is 1. The number of anilines is 2. The van der Waals surface area contributed by atoms with Crippen LogP contribution in [0.3, 0.4) is 0 Å². The van der Waals surface area contributed by atoms with E-state index in [2.05, 4.69) is 16.0 Å². The number of benzene rings is 2. The van der Waals surface area contributed by atoms with Crippen molar-refractivity contribution in [2.24, 2.45) is 0 Å². The third-order valence-electron chi connectivity index (χ3n) is 5.53. The van der Waals surface area contributed by atoms with Gasteiger partial charge < -0.3 is 20.7 Å². The molecule has 0 saturated carbocycles. The maximum atomic E-state index is 12.6. The lowest BCUT2D eigenvalue weighted by molar-refractivity contribution is -0.117. The number of piperidine rings is 1.